The van der Waals surface area contributed by atoms with E-state index in [-0.39, 0.29) is 23.6 Å². The van der Waals surface area contributed by atoms with Crippen LogP contribution in [0.5, 0.6) is 17.2 Å². The Morgan fingerprint density at radius 3 is 2.50 bits per heavy atom. The highest BCUT2D eigenvalue weighted by Gasteiger charge is 2.36. The Balaban J connectivity index is 1.37. The third-order valence-corrected chi connectivity index (χ3v) is 5.24. The van der Waals surface area contributed by atoms with E-state index in [1.54, 1.807) is 35.3 Å². The zero-order valence-electron chi connectivity index (χ0n) is 17.8. The smallest absolute Gasteiger partial charge is 0.260 e. The van der Waals surface area contributed by atoms with Gasteiger partial charge in [-0.05, 0) is 29.8 Å². The fourth-order valence-electron chi connectivity index (χ4n) is 3.46. The van der Waals surface area contributed by atoms with Crippen molar-refractivity contribution in [3.8, 4) is 17.2 Å². The molecule has 1 unspecified atom stereocenters. The van der Waals surface area contributed by atoms with Gasteiger partial charge in [0.05, 0.1) is 27.2 Å². The van der Waals surface area contributed by atoms with Gasteiger partial charge in [-0.15, -0.1) is 0 Å². The van der Waals surface area contributed by atoms with E-state index in [9.17, 15) is 9.59 Å². The summed E-state index contributed by atoms with van der Waals surface area (Å²) in [6, 6.07) is 3.52. The van der Waals surface area contributed by atoms with Crippen molar-refractivity contribution in [3.05, 3.63) is 47.6 Å². The molecule has 1 saturated heterocycles. The van der Waals surface area contributed by atoms with Crippen LogP contribution in [0.4, 0.5) is 0 Å². The minimum Gasteiger partial charge on any atom is -0.493 e. The molecule has 2 aliphatic rings. The van der Waals surface area contributed by atoms with E-state index in [0.717, 1.165) is 5.56 Å². The van der Waals surface area contributed by atoms with Crippen LogP contribution in [0.2, 0.25) is 0 Å². The first kappa shape index (κ1) is 21.3. The summed E-state index contributed by atoms with van der Waals surface area (Å²) in [4.78, 5) is 34.1. The molecule has 0 saturated carbocycles. The van der Waals surface area contributed by atoms with Gasteiger partial charge in [0.25, 0.3) is 5.91 Å². The van der Waals surface area contributed by atoms with Gasteiger partial charge in [-0.2, -0.15) is 4.98 Å². The lowest BCUT2D eigenvalue weighted by Gasteiger charge is -2.36. The number of dihydropyridines is 1. The van der Waals surface area contributed by atoms with Crippen molar-refractivity contribution < 1.29 is 28.3 Å². The summed E-state index contributed by atoms with van der Waals surface area (Å²) in [6.07, 6.45) is 7.95. The highest BCUT2D eigenvalue weighted by Crippen LogP contribution is 2.38. The lowest BCUT2D eigenvalue weighted by atomic mass is 9.99. The number of aliphatic imine (C=N–C) groups is 1. The first-order valence-corrected chi connectivity index (χ1v) is 9.89. The number of carbonyl (C=O) groups excluding carboxylic acids is 2. The summed E-state index contributed by atoms with van der Waals surface area (Å²) in [5.74, 6) is 1.02. The van der Waals surface area contributed by atoms with Crippen molar-refractivity contribution in [2.75, 3.05) is 34.4 Å². The lowest BCUT2D eigenvalue weighted by molar-refractivity contribution is -0.130. The molecule has 0 aliphatic carbocycles. The summed E-state index contributed by atoms with van der Waals surface area (Å²) in [6.45, 7) is 0.902. The van der Waals surface area contributed by atoms with E-state index in [0.29, 0.717) is 36.2 Å². The fraction of sp³-hybridized carbons (Fsp3) is 0.318. The number of likely N-dealkylation sites (tertiary alicyclic amines) is 1. The molecule has 0 radical (unpaired) electrons. The number of aromatic nitrogens is 2. The summed E-state index contributed by atoms with van der Waals surface area (Å²) in [5.41, 5.74) is 0.735. The Labute approximate surface area is 184 Å². The molecule has 0 bridgehead atoms. The molecule has 1 fully saturated rings. The number of carbonyl (C=O) groups is 2. The number of hydrogen-bond acceptors (Lipinski definition) is 8. The Kier molecular flexibility index (Phi) is 6.02. The molecule has 2 aliphatic heterocycles. The summed E-state index contributed by atoms with van der Waals surface area (Å²) in [7, 11) is 4.60. The molecule has 10 heteroatoms. The molecule has 0 N–H and O–H groups in total. The van der Waals surface area contributed by atoms with Crippen LogP contribution in [-0.4, -0.2) is 67.5 Å². The quantitative estimate of drug-likeness (QED) is 0.603. The van der Waals surface area contributed by atoms with E-state index in [4.69, 9.17) is 18.7 Å². The molecular weight excluding hydrogens is 416 g/mol. The Bertz CT molecular complexity index is 1090. The van der Waals surface area contributed by atoms with Crippen LogP contribution in [0.25, 0.3) is 6.08 Å². The molecule has 32 heavy (non-hydrogen) atoms. The van der Waals surface area contributed by atoms with Gasteiger partial charge in [0.2, 0.25) is 17.5 Å². The second-order valence-corrected chi connectivity index (χ2v) is 7.20. The van der Waals surface area contributed by atoms with Crippen molar-refractivity contribution in [1.29, 1.82) is 0 Å². The number of allylic oxidation sites excluding steroid dienone is 1. The second-order valence-electron chi connectivity index (χ2n) is 7.20. The molecule has 10 nitrogen and oxygen atoms in total. The maximum Gasteiger partial charge on any atom is 0.260 e. The average Bonchev–Trinajstić information content (AvgIpc) is 3.25. The fourth-order valence-corrected chi connectivity index (χ4v) is 3.46. The van der Waals surface area contributed by atoms with E-state index in [2.05, 4.69) is 15.1 Å². The zero-order valence-corrected chi connectivity index (χ0v) is 17.8. The number of hydrogen-bond donors (Lipinski definition) is 0. The van der Waals surface area contributed by atoms with Crippen LogP contribution in [0.3, 0.4) is 0 Å². The SMILES string of the molecule is COc1cc(/C=C/C(=O)N2CC(c3nc(C4C=CC=NC4=O)no3)C2)cc(OC)c1OC. The molecule has 1 atom stereocenters. The van der Waals surface area contributed by atoms with Crippen molar-refractivity contribution in [1.82, 2.24) is 15.0 Å². The van der Waals surface area contributed by atoms with Crippen molar-refractivity contribution in [3.63, 3.8) is 0 Å². The highest BCUT2D eigenvalue weighted by atomic mass is 16.5. The maximum atomic E-state index is 12.5. The third-order valence-electron chi connectivity index (χ3n) is 5.24. The topological polar surface area (TPSA) is 116 Å². The van der Waals surface area contributed by atoms with Gasteiger partial charge < -0.3 is 23.6 Å². The first-order chi connectivity index (χ1) is 15.5. The van der Waals surface area contributed by atoms with Crippen molar-refractivity contribution in [2.24, 2.45) is 4.99 Å². The maximum absolute atomic E-state index is 12.5. The van der Waals surface area contributed by atoms with Crippen LogP contribution >= 0.6 is 0 Å². The molecule has 4 rings (SSSR count). The van der Waals surface area contributed by atoms with Gasteiger partial charge in [0.1, 0.15) is 5.92 Å². The second kappa shape index (κ2) is 9.04. The standard InChI is InChI=1S/C22H22N4O6/c1-29-16-9-13(10-17(30-2)19(16)31-3)6-7-18(27)26-11-14(12-26)22-24-20(25-32-22)15-5-4-8-23-21(15)28/h4-10,14-15H,11-12H2,1-3H3/b7-6+. The Morgan fingerprint density at radius 2 is 1.88 bits per heavy atom. The predicted molar refractivity (Wildman–Crippen MR) is 114 cm³/mol. The molecular formula is C22H22N4O6. The Morgan fingerprint density at radius 1 is 1.16 bits per heavy atom. The number of methoxy groups -OCH3 is 3. The number of rotatable bonds is 7. The van der Waals surface area contributed by atoms with Crippen LogP contribution in [0, 0.1) is 0 Å². The van der Waals surface area contributed by atoms with Gasteiger partial charge in [-0.25, -0.2) is 4.99 Å². The van der Waals surface area contributed by atoms with Gasteiger partial charge >= 0.3 is 0 Å². The number of amides is 2. The van der Waals surface area contributed by atoms with Gasteiger partial charge in [0, 0.05) is 25.4 Å². The summed E-state index contributed by atoms with van der Waals surface area (Å²) < 4.78 is 21.3. The number of nitrogens with zero attached hydrogens (tertiary/aromatic N) is 4. The van der Waals surface area contributed by atoms with Gasteiger partial charge in [-0.1, -0.05) is 11.2 Å². The highest BCUT2D eigenvalue weighted by molar-refractivity contribution is 5.97. The van der Waals surface area contributed by atoms with E-state index in [1.807, 2.05) is 0 Å². The van der Waals surface area contributed by atoms with Crippen molar-refractivity contribution >= 4 is 24.1 Å². The molecule has 2 amide bonds. The van der Waals surface area contributed by atoms with Gasteiger partial charge in [0.15, 0.2) is 17.3 Å². The van der Waals surface area contributed by atoms with Crippen LogP contribution < -0.4 is 14.2 Å². The average molecular weight is 438 g/mol. The molecule has 3 heterocycles. The summed E-state index contributed by atoms with van der Waals surface area (Å²) in [5, 5.41) is 3.90. The lowest BCUT2D eigenvalue weighted by Crippen LogP contribution is -2.47. The van der Waals surface area contributed by atoms with E-state index in [1.165, 1.54) is 33.6 Å². The molecule has 166 valence electrons. The Hall–Kier alpha value is -3.95. The van der Waals surface area contributed by atoms with E-state index < -0.39 is 5.92 Å². The molecule has 1 aromatic carbocycles. The summed E-state index contributed by atoms with van der Waals surface area (Å²) >= 11 is 0. The van der Waals surface area contributed by atoms with Crippen molar-refractivity contribution in [2.45, 2.75) is 11.8 Å². The monoisotopic (exact) mass is 438 g/mol. The zero-order chi connectivity index (χ0) is 22.7. The van der Waals surface area contributed by atoms with Crippen LogP contribution in [0.1, 0.15) is 29.1 Å². The molecule has 0 spiro atoms. The minimum atomic E-state index is -0.628. The normalized spacial score (nSPS) is 18.2. The van der Waals surface area contributed by atoms with E-state index >= 15 is 0 Å². The number of benzene rings is 1. The van der Waals surface area contributed by atoms with Gasteiger partial charge in [-0.3, -0.25) is 9.59 Å². The largest absolute Gasteiger partial charge is 0.493 e. The predicted octanol–water partition coefficient (Wildman–Crippen LogP) is 1.99. The third kappa shape index (κ3) is 4.11. The number of ether oxygens (including phenoxy) is 3. The minimum absolute atomic E-state index is 0.0686. The molecule has 1 aromatic heterocycles. The first-order valence-electron chi connectivity index (χ1n) is 9.89. The van der Waals surface area contributed by atoms with Crippen LogP contribution in [0.15, 0.2) is 39.9 Å². The molecule has 2 aromatic rings. The van der Waals surface area contributed by atoms with Crippen LogP contribution in [-0.2, 0) is 9.59 Å².